The maximum atomic E-state index is 12.6. The summed E-state index contributed by atoms with van der Waals surface area (Å²) < 4.78 is 26.7. The first-order valence-electron chi connectivity index (χ1n) is 9.00. The van der Waals surface area contributed by atoms with Crippen LogP contribution in [0.5, 0.6) is 0 Å². The maximum Gasteiger partial charge on any atom is 0.246 e. The summed E-state index contributed by atoms with van der Waals surface area (Å²) in [6.45, 7) is 3.48. The predicted molar refractivity (Wildman–Crippen MR) is 107 cm³/mol. The number of aryl methyl sites for hydroxylation is 1. The molecule has 0 saturated carbocycles. The van der Waals surface area contributed by atoms with Gasteiger partial charge >= 0.3 is 0 Å². The quantitative estimate of drug-likeness (QED) is 0.745. The van der Waals surface area contributed by atoms with E-state index in [1.807, 2.05) is 67.6 Å². The summed E-state index contributed by atoms with van der Waals surface area (Å²) in [4.78, 5) is 14.1. The van der Waals surface area contributed by atoms with Crippen LogP contribution in [0.1, 0.15) is 16.7 Å². The van der Waals surface area contributed by atoms with Gasteiger partial charge in [-0.1, -0.05) is 54.6 Å². The van der Waals surface area contributed by atoms with Crippen molar-refractivity contribution in [1.82, 2.24) is 9.21 Å². The first-order valence-corrected chi connectivity index (χ1v) is 10.6. The molecule has 1 aliphatic rings. The molecule has 0 bridgehead atoms. The summed E-state index contributed by atoms with van der Waals surface area (Å²) >= 11 is 0. The first kappa shape index (κ1) is 19.3. The van der Waals surface area contributed by atoms with E-state index in [1.165, 1.54) is 4.31 Å². The lowest BCUT2D eigenvalue weighted by Gasteiger charge is -2.33. The molecule has 0 aliphatic carbocycles. The van der Waals surface area contributed by atoms with Crippen LogP contribution in [0.25, 0.3) is 6.08 Å². The molecule has 0 aromatic heterocycles. The zero-order valence-electron chi connectivity index (χ0n) is 15.4. The number of sulfonamides is 1. The van der Waals surface area contributed by atoms with Crippen LogP contribution in [0.2, 0.25) is 0 Å². The monoisotopic (exact) mass is 384 g/mol. The highest BCUT2D eigenvalue weighted by molar-refractivity contribution is 7.88. The average molecular weight is 385 g/mol. The van der Waals surface area contributed by atoms with E-state index in [-0.39, 0.29) is 11.7 Å². The minimum atomic E-state index is -3.37. The Bertz CT molecular complexity index is 915. The molecule has 3 rings (SSSR count). The molecule has 1 amide bonds. The molecule has 142 valence electrons. The van der Waals surface area contributed by atoms with E-state index in [9.17, 15) is 13.2 Å². The summed E-state index contributed by atoms with van der Waals surface area (Å²) in [5, 5.41) is 0. The third-order valence-corrected chi connectivity index (χ3v) is 6.58. The van der Waals surface area contributed by atoms with Crippen LogP contribution in [0, 0.1) is 6.92 Å². The molecule has 0 radical (unpaired) electrons. The topological polar surface area (TPSA) is 57.7 Å². The highest BCUT2D eigenvalue weighted by Gasteiger charge is 2.28. The lowest BCUT2D eigenvalue weighted by Crippen LogP contribution is -2.50. The van der Waals surface area contributed by atoms with Crippen LogP contribution < -0.4 is 0 Å². The van der Waals surface area contributed by atoms with Crippen LogP contribution in [-0.2, 0) is 20.6 Å². The summed E-state index contributed by atoms with van der Waals surface area (Å²) in [6.07, 6.45) is 3.38. The van der Waals surface area contributed by atoms with Crippen LogP contribution in [0.4, 0.5) is 0 Å². The fourth-order valence-electron chi connectivity index (χ4n) is 3.10. The van der Waals surface area contributed by atoms with Gasteiger partial charge in [0.2, 0.25) is 15.9 Å². The smallest absolute Gasteiger partial charge is 0.246 e. The first-order chi connectivity index (χ1) is 13.0. The molecule has 2 aromatic carbocycles. The highest BCUT2D eigenvalue weighted by atomic mass is 32.2. The summed E-state index contributed by atoms with van der Waals surface area (Å²) in [7, 11) is -3.37. The molecule has 0 N–H and O–H groups in total. The minimum Gasteiger partial charge on any atom is -0.337 e. The van der Waals surface area contributed by atoms with Crippen molar-refractivity contribution >= 4 is 22.0 Å². The molecular weight excluding hydrogens is 360 g/mol. The molecule has 1 saturated heterocycles. The third-order valence-electron chi connectivity index (χ3n) is 4.73. The normalized spacial score (nSPS) is 16.0. The van der Waals surface area contributed by atoms with Crippen LogP contribution in [0.3, 0.4) is 0 Å². The van der Waals surface area contributed by atoms with Gasteiger partial charge in [0.05, 0.1) is 5.75 Å². The molecule has 6 heteroatoms. The molecule has 2 aromatic rings. The van der Waals surface area contributed by atoms with Crippen molar-refractivity contribution in [3.05, 3.63) is 77.4 Å². The zero-order chi connectivity index (χ0) is 19.3. The van der Waals surface area contributed by atoms with E-state index < -0.39 is 10.0 Å². The lowest BCUT2D eigenvalue weighted by atomic mass is 10.1. The van der Waals surface area contributed by atoms with E-state index in [0.29, 0.717) is 26.2 Å². The Morgan fingerprint density at radius 2 is 1.59 bits per heavy atom. The third kappa shape index (κ3) is 5.05. The van der Waals surface area contributed by atoms with E-state index >= 15 is 0 Å². The Hall–Kier alpha value is -2.44. The van der Waals surface area contributed by atoms with Crippen molar-refractivity contribution in [3.63, 3.8) is 0 Å². The largest absolute Gasteiger partial charge is 0.337 e. The fourth-order valence-corrected chi connectivity index (χ4v) is 4.62. The molecule has 1 heterocycles. The van der Waals surface area contributed by atoms with Crippen molar-refractivity contribution in [2.24, 2.45) is 0 Å². The van der Waals surface area contributed by atoms with Gasteiger partial charge in [0.25, 0.3) is 0 Å². The standard InChI is InChI=1S/C21H24N2O3S/c1-18-7-5-6-10-20(18)11-12-21(24)22-13-15-23(16-14-22)27(25,26)17-19-8-3-2-4-9-19/h2-12H,13-17H2,1H3. The van der Waals surface area contributed by atoms with Crippen LogP contribution in [0.15, 0.2) is 60.7 Å². The van der Waals surface area contributed by atoms with Gasteiger partial charge < -0.3 is 4.90 Å². The minimum absolute atomic E-state index is 0.00499. The van der Waals surface area contributed by atoms with Gasteiger partial charge in [-0.2, -0.15) is 4.31 Å². The highest BCUT2D eigenvalue weighted by Crippen LogP contribution is 2.14. The van der Waals surface area contributed by atoms with Crippen molar-refractivity contribution in [2.45, 2.75) is 12.7 Å². The van der Waals surface area contributed by atoms with Gasteiger partial charge in [-0.25, -0.2) is 8.42 Å². The molecule has 0 atom stereocenters. The van der Waals surface area contributed by atoms with E-state index in [1.54, 1.807) is 11.0 Å². The summed E-state index contributed by atoms with van der Waals surface area (Å²) in [6, 6.07) is 17.0. The average Bonchev–Trinajstić information content (AvgIpc) is 2.68. The zero-order valence-corrected chi connectivity index (χ0v) is 16.2. The number of piperazine rings is 1. The van der Waals surface area contributed by atoms with Crippen molar-refractivity contribution in [1.29, 1.82) is 0 Å². The van der Waals surface area contributed by atoms with Crippen molar-refractivity contribution in [2.75, 3.05) is 26.2 Å². The van der Waals surface area contributed by atoms with E-state index in [4.69, 9.17) is 0 Å². The van der Waals surface area contributed by atoms with Crippen LogP contribution in [-0.4, -0.2) is 49.7 Å². The molecule has 0 unspecified atom stereocenters. The maximum absolute atomic E-state index is 12.6. The molecule has 1 fully saturated rings. The van der Waals surface area contributed by atoms with Gasteiger partial charge in [-0.3, -0.25) is 4.79 Å². The summed E-state index contributed by atoms with van der Waals surface area (Å²) in [5.74, 6) is -0.0898. The van der Waals surface area contributed by atoms with Crippen molar-refractivity contribution in [3.8, 4) is 0 Å². The fraction of sp³-hybridized carbons (Fsp3) is 0.286. The van der Waals surface area contributed by atoms with Crippen LogP contribution >= 0.6 is 0 Å². The second-order valence-electron chi connectivity index (χ2n) is 6.66. The van der Waals surface area contributed by atoms with E-state index in [2.05, 4.69) is 0 Å². The van der Waals surface area contributed by atoms with E-state index in [0.717, 1.165) is 16.7 Å². The molecule has 27 heavy (non-hydrogen) atoms. The molecule has 1 aliphatic heterocycles. The molecule has 0 spiro atoms. The van der Waals surface area contributed by atoms with Gasteiger partial charge in [0, 0.05) is 32.3 Å². The predicted octanol–water partition coefficient (Wildman–Crippen LogP) is 2.68. The van der Waals surface area contributed by atoms with Gasteiger partial charge in [0.1, 0.15) is 0 Å². The Kier molecular flexibility index (Phi) is 6.08. The Labute approximate surface area is 161 Å². The second kappa shape index (κ2) is 8.50. The number of carbonyl (C=O) groups excluding carboxylic acids is 1. The van der Waals surface area contributed by atoms with Gasteiger partial charge in [-0.15, -0.1) is 0 Å². The van der Waals surface area contributed by atoms with Gasteiger partial charge in [0.15, 0.2) is 0 Å². The lowest BCUT2D eigenvalue weighted by molar-refractivity contribution is -0.127. The number of rotatable bonds is 5. The number of amides is 1. The van der Waals surface area contributed by atoms with Crippen molar-refractivity contribution < 1.29 is 13.2 Å². The Morgan fingerprint density at radius 1 is 0.963 bits per heavy atom. The Morgan fingerprint density at radius 3 is 2.26 bits per heavy atom. The number of nitrogens with zero attached hydrogens (tertiary/aromatic N) is 2. The summed E-state index contributed by atoms with van der Waals surface area (Å²) in [5.41, 5.74) is 2.89. The number of benzene rings is 2. The number of hydrogen-bond donors (Lipinski definition) is 0. The number of hydrogen-bond acceptors (Lipinski definition) is 3. The van der Waals surface area contributed by atoms with Gasteiger partial charge in [-0.05, 0) is 29.7 Å². The molecular formula is C21H24N2O3S. The SMILES string of the molecule is Cc1ccccc1C=CC(=O)N1CCN(S(=O)(=O)Cc2ccccc2)CC1. The second-order valence-corrected chi connectivity index (χ2v) is 8.62. The number of carbonyl (C=O) groups is 1. The molecule has 5 nitrogen and oxygen atoms in total. The Balaban J connectivity index is 1.56.